The third-order valence-electron chi connectivity index (χ3n) is 5.03. The van der Waals surface area contributed by atoms with Crippen molar-refractivity contribution in [2.24, 2.45) is 0 Å². The van der Waals surface area contributed by atoms with Gasteiger partial charge in [-0.15, -0.1) is 0 Å². The number of fused-ring (bicyclic) bond motifs is 1. The molecule has 2 aromatic heterocycles. The molecule has 0 spiro atoms. The van der Waals surface area contributed by atoms with E-state index >= 15 is 0 Å². The summed E-state index contributed by atoms with van der Waals surface area (Å²) in [6.07, 6.45) is 0. The predicted octanol–water partition coefficient (Wildman–Crippen LogP) is 4.19. The van der Waals surface area contributed by atoms with Crippen LogP contribution in [0.4, 0.5) is 0 Å². The minimum atomic E-state index is -0.189. The lowest BCUT2D eigenvalue weighted by Gasteiger charge is -2.18. The molecule has 4 rings (SSSR count). The van der Waals surface area contributed by atoms with Gasteiger partial charge in [0.25, 0.3) is 5.91 Å². The number of amides is 1. The number of carbonyl (C=O) groups excluding carboxylic acids is 1. The van der Waals surface area contributed by atoms with Gasteiger partial charge in [0.05, 0.1) is 13.7 Å². The molecule has 154 valence electrons. The first-order valence-corrected chi connectivity index (χ1v) is 9.80. The summed E-state index contributed by atoms with van der Waals surface area (Å²) in [6, 6.07) is 15.6. The van der Waals surface area contributed by atoms with Crippen molar-refractivity contribution in [2.75, 3.05) is 7.11 Å². The topological polar surface area (TPSA) is 95.7 Å². The minimum Gasteiger partial charge on any atom is -0.497 e. The third-order valence-corrected chi connectivity index (χ3v) is 5.03. The molecular weight excluding hydrogens is 378 g/mol. The van der Waals surface area contributed by atoms with Gasteiger partial charge in [-0.1, -0.05) is 32.9 Å². The van der Waals surface area contributed by atoms with Crippen molar-refractivity contribution in [3.05, 3.63) is 65.6 Å². The van der Waals surface area contributed by atoms with Crippen molar-refractivity contribution in [1.82, 2.24) is 25.5 Å². The van der Waals surface area contributed by atoms with E-state index in [1.807, 2.05) is 36.4 Å². The molecule has 0 saturated carbocycles. The van der Waals surface area contributed by atoms with Crippen LogP contribution in [0.1, 0.15) is 42.6 Å². The summed E-state index contributed by atoms with van der Waals surface area (Å²) in [5.41, 5.74) is 3.61. The third kappa shape index (κ3) is 4.05. The van der Waals surface area contributed by atoms with Crippen LogP contribution in [0.15, 0.2) is 48.5 Å². The van der Waals surface area contributed by atoms with Gasteiger partial charge < -0.3 is 15.0 Å². The Labute approximate surface area is 174 Å². The second-order valence-electron chi connectivity index (χ2n) is 8.25. The van der Waals surface area contributed by atoms with E-state index in [1.165, 1.54) is 5.56 Å². The van der Waals surface area contributed by atoms with E-state index in [2.05, 4.69) is 58.4 Å². The van der Waals surface area contributed by atoms with Crippen LogP contribution >= 0.6 is 0 Å². The zero-order valence-electron chi connectivity index (χ0n) is 17.5. The van der Waals surface area contributed by atoms with Crippen LogP contribution in [0.2, 0.25) is 0 Å². The van der Waals surface area contributed by atoms with E-state index in [0.717, 1.165) is 22.2 Å². The Hall–Kier alpha value is -3.61. The quantitative estimate of drug-likeness (QED) is 0.466. The minimum absolute atomic E-state index is 0.0512. The molecule has 0 aliphatic heterocycles. The van der Waals surface area contributed by atoms with Crippen molar-refractivity contribution < 1.29 is 9.53 Å². The van der Waals surface area contributed by atoms with Crippen molar-refractivity contribution in [1.29, 1.82) is 0 Å². The number of benzene rings is 2. The summed E-state index contributed by atoms with van der Waals surface area (Å²) in [7, 11) is 1.62. The maximum Gasteiger partial charge on any atom is 0.268 e. The Kier molecular flexibility index (Phi) is 5.03. The van der Waals surface area contributed by atoms with Gasteiger partial charge in [0.15, 0.2) is 5.82 Å². The number of nitrogens with one attached hydrogen (secondary N) is 3. The average Bonchev–Trinajstić information content (AvgIpc) is 3.38. The molecule has 0 radical (unpaired) electrons. The number of aromatic nitrogens is 4. The first-order valence-electron chi connectivity index (χ1n) is 9.80. The summed E-state index contributed by atoms with van der Waals surface area (Å²) in [5.74, 6) is 1.74. The van der Waals surface area contributed by atoms with Crippen LogP contribution < -0.4 is 10.1 Å². The summed E-state index contributed by atoms with van der Waals surface area (Å²) in [6.45, 7) is 6.76. The Morgan fingerprint density at radius 1 is 1.10 bits per heavy atom. The molecule has 0 aliphatic rings. The van der Waals surface area contributed by atoms with Gasteiger partial charge in [0, 0.05) is 16.5 Å². The smallest absolute Gasteiger partial charge is 0.268 e. The Balaban J connectivity index is 1.44. The van der Waals surface area contributed by atoms with E-state index < -0.39 is 0 Å². The van der Waals surface area contributed by atoms with Gasteiger partial charge in [0.1, 0.15) is 17.3 Å². The normalized spacial score (nSPS) is 11.6. The van der Waals surface area contributed by atoms with Crippen LogP contribution in [0.5, 0.6) is 5.75 Å². The molecule has 4 aromatic rings. The molecule has 2 aromatic carbocycles. The molecular formula is C23H25N5O2. The van der Waals surface area contributed by atoms with Gasteiger partial charge >= 0.3 is 0 Å². The van der Waals surface area contributed by atoms with Crippen LogP contribution in [-0.4, -0.2) is 33.2 Å². The molecule has 2 heterocycles. The Morgan fingerprint density at radius 3 is 2.57 bits per heavy atom. The maximum atomic E-state index is 12.6. The highest BCUT2D eigenvalue weighted by Crippen LogP contribution is 2.26. The number of methoxy groups -OCH3 is 1. The average molecular weight is 403 g/mol. The van der Waals surface area contributed by atoms with Gasteiger partial charge in [0.2, 0.25) is 0 Å². The lowest BCUT2D eigenvalue weighted by Crippen LogP contribution is -2.23. The highest BCUT2D eigenvalue weighted by molar-refractivity contribution is 5.98. The first-order chi connectivity index (χ1) is 14.3. The SMILES string of the molecule is COc1ccc(-c2n[nH]c(CNC(=O)c3cc4ccc(C(C)(C)C)cc4[nH]3)n2)cc1. The molecule has 7 heteroatoms. The Morgan fingerprint density at radius 2 is 1.87 bits per heavy atom. The van der Waals surface area contributed by atoms with Crippen molar-refractivity contribution in [3.8, 4) is 17.1 Å². The highest BCUT2D eigenvalue weighted by atomic mass is 16.5. The van der Waals surface area contributed by atoms with Gasteiger partial charge in [-0.2, -0.15) is 5.10 Å². The molecule has 1 amide bonds. The van der Waals surface area contributed by atoms with E-state index in [1.54, 1.807) is 7.11 Å². The van der Waals surface area contributed by atoms with E-state index in [9.17, 15) is 4.79 Å². The zero-order chi connectivity index (χ0) is 21.3. The van der Waals surface area contributed by atoms with Gasteiger partial charge in [-0.05, 0) is 47.4 Å². The van der Waals surface area contributed by atoms with Crippen LogP contribution in [-0.2, 0) is 12.0 Å². The predicted molar refractivity (Wildman–Crippen MR) is 117 cm³/mol. The fourth-order valence-corrected chi connectivity index (χ4v) is 3.22. The van der Waals surface area contributed by atoms with E-state index in [4.69, 9.17) is 4.74 Å². The summed E-state index contributed by atoms with van der Waals surface area (Å²) in [4.78, 5) is 20.3. The number of rotatable bonds is 5. The lowest BCUT2D eigenvalue weighted by atomic mass is 9.87. The lowest BCUT2D eigenvalue weighted by molar-refractivity contribution is 0.0945. The molecule has 0 fully saturated rings. The number of nitrogens with zero attached hydrogens (tertiary/aromatic N) is 2. The summed E-state index contributed by atoms with van der Waals surface area (Å²) < 4.78 is 5.16. The van der Waals surface area contributed by atoms with Crippen molar-refractivity contribution in [2.45, 2.75) is 32.7 Å². The number of H-pyrrole nitrogens is 2. The van der Waals surface area contributed by atoms with Crippen LogP contribution in [0, 0.1) is 0 Å². The van der Waals surface area contributed by atoms with Gasteiger partial charge in [-0.25, -0.2) is 4.98 Å². The fraction of sp³-hybridized carbons (Fsp3) is 0.261. The second kappa shape index (κ2) is 7.67. The monoisotopic (exact) mass is 403 g/mol. The molecule has 0 bridgehead atoms. The summed E-state index contributed by atoms with van der Waals surface area (Å²) >= 11 is 0. The number of hydrogen-bond acceptors (Lipinski definition) is 4. The number of aromatic amines is 2. The van der Waals surface area contributed by atoms with Crippen molar-refractivity contribution in [3.63, 3.8) is 0 Å². The molecule has 3 N–H and O–H groups in total. The number of ether oxygens (including phenoxy) is 1. The molecule has 30 heavy (non-hydrogen) atoms. The van der Waals surface area contributed by atoms with E-state index in [-0.39, 0.29) is 17.9 Å². The zero-order valence-corrected chi connectivity index (χ0v) is 17.5. The standard InChI is InChI=1S/C23H25N5O2/c1-23(2,3)16-8-5-15-11-19(25-18(15)12-16)22(29)24-13-20-26-21(28-27-20)14-6-9-17(30-4)10-7-14/h5-12,25H,13H2,1-4H3,(H,24,29)(H,26,27,28). The first kappa shape index (κ1) is 19.7. The maximum absolute atomic E-state index is 12.6. The van der Waals surface area contributed by atoms with Crippen LogP contribution in [0.3, 0.4) is 0 Å². The Bertz CT molecular complexity index is 1180. The largest absolute Gasteiger partial charge is 0.497 e. The van der Waals surface area contributed by atoms with Crippen LogP contribution in [0.25, 0.3) is 22.3 Å². The second-order valence-corrected chi connectivity index (χ2v) is 8.25. The molecule has 0 atom stereocenters. The van der Waals surface area contributed by atoms with Crippen molar-refractivity contribution >= 4 is 16.8 Å². The highest BCUT2D eigenvalue weighted by Gasteiger charge is 2.16. The van der Waals surface area contributed by atoms with Gasteiger partial charge in [-0.3, -0.25) is 9.89 Å². The molecule has 0 aliphatic carbocycles. The fourth-order valence-electron chi connectivity index (χ4n) is 3.22. The number of carbonyl (C=O) groups is 1. The summed E-state index contributed by atoms with van der Waals surface area (Å²) in [5, 5.41) is 11.0. The molecule has 0 saturated heterocycles. The molecule has 7 nitrogen and oxygen atoms in total. The number of hydrogen-bond donors (Lipinski definition) is 3. The molecule has 0 unspecified atom stereocenters. The van der Waals surface area contributed by atoms with E-state index in [0.29, 0.717) is 17.3 Å².